The van der Waals surface area contributed by atoms with Gasteiger partial charge in [0.2, 0.25) is 5.91 Å². The lowest BCUT2D eigenvalue weighted by Crippen LogP contribution is -2.47. The van der Waals surface area contributed by atoms with E-state index in [4.69, 9.17) is 4.74 Å². The predicted octanol–water partition coefficient (Wildman–Crippen LogP) is 1.55. The monoisotopic (exact) mass is 268 g/mol. The average Bonchev–Trinajstić information content (AvgIpc) is 2.97. The van der Waals surface area contributed by atoms with E-state index in [2.05, 4.69) is 24.5 Å². The average molecular weight is 268 g/mol. The van der Waals surface area contributed by atoms with Gasteiger partial charge in [-0.3, -0.25) is 4.79 Å². The Morgan fingerprint density at radius 1 is 1.37 bits per heavy atom. The van der Waals surface area contributed by atoms with E-state index in [1.807, 2.05) is 0 Å². The maximum absolute atomic E-state index is 12.6. The number of hydrogen-bond donors (Lipinski definition) is 2. The van der Waals surface area contributed by atoms with Gasteiger partial charge in [0.25, 0.3) is 0 Å². The lowest BCUT2D eigenvalue weighted by molar-refractivity contribution is -0.132. The molecule has 1 saturated heterocycles. The summed E-state index contributed by atoms with van der Waals surface area (Å²) in [4.78, 5) is 12.6. The highest BCUT2D eigenvalue weighted by Gasteiger charge is 2.46. The fourth-order valence-corrected chi connectivity index (χ4v) is 3.11. The Bertz CT molecular complexity index is 318. The molecule has 1 saturated carbocycles. The van der Waals surface area contributed by atoms with Gasteiger partial charge in [0.1, 0.15) is 0 Å². The first-order chi connectivity index (χ1) is 9.05. The zero-order chi connectivity index (χ0) is 13.9. The molecule has 1 amide bonds. The van der Waals surface area contributed by atoms with Gasteiger partial charge in [-0.2, -0.15) is 0 Å². The molecule has 2 rings (SSSR count). The van der Waals surface area contributed by atoms with Crippen molar-refractivity contribution in [1.29, 1.82) is 0 Å². The minimum absolute atomic E-state index is 0.197. The van der Waals surface area contributed by atoms with Crippen LogP contribution in [0.2, 0.25) is 0 Å². The SMILES string of the molecule is COCCC1(CNC(=O)C2(C(C)C)CCNC2)CC1. The molecule has 0 aromatic heterocycles. The number of carbonyl (C=O) groups excluding carboxylic acids is 1. The second-order valence-corrected chi connectivity index (χ2v) is 6.66. The van der Waals surface area contributed by atoms with Crippen molar-refractivity contribution in [1.82, 2.24) is 10.6 Å². The molecular formula is C15H28N2O2. The van der Waals surface area contributed by atoms with Crippen LogP contribution in [0, 0.1) is 16.7 Å². The molecule has 1 unspecified atom stereocenters. The van der Waals surface area contributed by atoms with Crippen molar-refractivity contribution in [3.63, 3.8) is 0 Å². The van der Waals surface area contributed by atoms with Crippen molar-refractivity contribution < 1.29 is 9.53 Å². The summed E-state index contributed by atoms with van der Waals surface area (Å²) < 4.78 is 5.16. The quantitative estimate of drug-likeness (QED) is 0.736. The maximum atomic E-state index is 12.6. The van der Waals surface area contributed by atoms with Crippen LogP contribution in [0.4, 0.5) is 0 Å². The Morgan fingerprint density at radius 2 is 2.11 bits per heavy atom. The van der Waals surface area contributed by atoms with Crippen molar-refractivity contribution in [2.75, 3.05) is 33.4 Å². The van der Waals surface area contributed by atoms with Gasteiger partial charge in [-0.05, 0) is 43.6 Å². The van der Waals surface area contributed by atoms with Crippen LogP contribution >= 0.6 is 0 Å². The highest BCUT2D eigenvalue weighted by Crippen LogP contribution is 2.48. The molecule has 19 heavy (non-hydrogen) atoms. The highest BCUT2D eigenvalue weighted by molar-refractivity contribution is 5.83. The van der Waals surface area contributed by atoms with Crippen molar-refractivity contribution >= 4 is 5.91 Å². The molecule has 4 heteroatoms. The van der Waals surface area contributed by atoms with Gasteiger partial charge in [0.15, 0.2) is 0 Å². The Balaban J connectivity index is 1.87. The molecule has 1 aliphatic heterocycles. The first-order valence-electron chi connectivity index (χ1n) is 7.53. The molecule has 2 N–H and O–H groups in total. The van der Waals surface area contributed by atoms with E-state index < -0.39 is 0 Å². The summed E-state index contributed by atoms with van der Waals surface area (Å²) in [7, 11) is 1.74. The van der Waals surface area contributed by atoms with Gasteiger partial charge in [0.05, 0.1) is 5.41 Å². The molecule has 4 nitrogen and oxygen atoms in total. The summed E-state index contributed by atoms with van der Waals surface area (Å²) in [5.74, 6) is 0.632. The molecule has 0 aromatic carbocycles. The van der Waals surface area contributed by atoms with E-state index in [0.29, 0.717) is 11.3 Å². The number of rotatable bonds is 7. The van der Waals surface area contributed by atoms with Gasteiger partial charge in [-0.1, -0.05) is 13.8 Å². The Kier molecular flexibility index (Phi) is 4.51. The molecule has 1 heterocycles. The number of carbonyl (C=O) groups is 1. The fourth-order valence-electron chi connectivity index (χ4n) is 3.11. The number of ether oxygens (including phenoxy) is 1. The maximum Gasteiger partial charge on any atom is 0.227 e. The van der Waals surface area contributed by atoms with Crippen LogP contribution < -0.4 is 10.6 Å². The van der Waals surface area contributed by atoms with E-state index in [1.165, 1.54) is 12.8 Å². The summed E-state index contributed by atoms with van der Waals surface area (Å²) in [6, 6.07) is 0. The topological polar surface area (TPSA) is 50.4 Å². The summed E-state index contributed by atoms with van der Waals surface area (Å²) in [5.41, 5.74) is 0.132. The Hall–Kier alpha value is -0.610. The van der Waals surface area contributed by atoms with E-state index in [1.54, 1.807) is 7.11 Å². The zero-order valence-corrected chi connectivity index (χ0v) is 12.6. The van der Waals surface area contributed by atoms with Gasteiger partial charge in [0, 0.05) is 26.8 Å². The van der Waals surface area contributed by atoms with Gasteiger partial charge in [-0.25, -0.2) is 0 Å². The smallest absolute Gasteiger partial charge is 0.227 e. The third-order valence-corrected chi connectivity index (χ3v) is 5.16. The van der Waals surface area contributed by atoms with Crippen LogP contribution in [0.1, 0.15) is 39.5 Å². The Morgan fingerprint density at radius 3 is 2.58 bits per heavy atom. The normalized spacial score (nSPS) is 28.6. The summed E-state index contributed by atoms with van der Waals surface area (Å²) in [5, 5.41) is 6.57. The molecule has 1 aliphatic carbocycles. The largest absolute Gasteiger partial charge is 0.385 e. The minimum Gasteiger partial charge on any atom is -0.385 e. The molecule has 110 valence electrons. The van der Waals surface area contributed by atoms with Crippen molar-refractivity contribution in [2.45, 2.75) is 39.5 Å². The first kappa shape index (κ1) is 14.8. The van der Waals surface area contributed by atoms with Crippen molar-refractivity contribution in [3.8, 4) is 0 Å². The molecular weight excluding hydrogens is 240 g/mol. The molecule has 0 spiro atoms. The third-order valence-electron chi connectivity index (χ3n) is 5.16. The summed E-state index contributed by atoms with van der Waals surface area (Å²) in [6.45, 7) is 7.72. The second-order valence-electron chi connectivity index (χ2n) is 6.66. The van der Waals surface area contributed by atoms with E-state index >= 15 is 0 Å². The molecule has 0 aromatic rings. The molecule has 0 bridgehead atoms. The number of amides is 1. The number of nitrogens with one attached hydrogen (secondary N) is 2. The van der Waals surface area contributed by atoms with Crippen LogP contribution in [0.5, 0.6) is 0 Å². The van der Waals surface area contributed by atoms with Crippen LogP contribution in [0.15, 0.2) is 0 Å². The van der Waals surface area contributed by atoms with Crippen molar-refractivity contribution in [3.05, 3.63) is 0 Å². The van der Waals surface area contributed by atoms with E-state index in [9.17, 15) is 4.79 Å². The van der Waals surface area contributed by atoms with Gasteiger partial charge >= 0.3 is 0 Å². The van der Waals surface area contributed by atoms with Crippen LogP contribution in [0.25, 0.3) is 0 Å². The third kappa shape index (κ3) is 3.11. The van der Waals surface area contributed by atoms with Crippen molar-refractivity contribution in [2.24, 2.45) is 16.7 Å². The van der Waals surface area contributed by atoms with Crippen LogP contribution in [-0.4, -0.2) is 39.3 Å². The number of methoxy groups -OCH3 is 1. The molecule has 1 atom stereocenters. The second kappa shape index (κ2) is 5.80. The predicted molar refractivity (Wildman–Crippen MR) is 75.9 cm³/mol. The lowest BCUT2D eigenvalue weighted by Gasteiger charge is -2.32. The summed E-state index contributed by atoms with van der Waals surface area (Å²) >= 11 is 0. The number of hydrogen-bond acceptors (Lipinski definition) is 3. The van der Waals surface area contributed by atoms with Crippen LogP contribution in [-0.2, 0) is 9.53 Å². The standard InChI is InChI=1S/C15H28N2O2/c1-12(2)15(6-8-16-11-15)13(18)17-10-14(4-5-14)7-9-19-3/h12,16H,4-11H2,1-3H3,(H,17,18). The van der Waals surface area contributed by atoms with E-state index in [-0.39, 0.29) is 11.3 Å². The highest BCUT2D eigenvalue weighted by atomic mass is 16.5. The van der Waals surface area contributed by atoms with Gasteiger partial charge in [-0.15, -0.1) is 0 Å². The molecule has 2 aliphatic rings. The van der Waals surface area contributed by atoms with Crippen LogP contribution in [0.3, 0.4) is 0 Å². The molecule has 2 fully saturated rings. The first-order valence-corrected chi connectivity index (χ1v) is 7.53. The van der Waals surface area contributed by atoms with E-state index in [0.717, 1.165) is 39.1 Å². The fraction of sp³-hybridized carbons (Fsp3) is 0.933. The minimum atomic E-state index is -0.197. The zero-order valence-electron chi connectivity index (χ0n) is 12.6. The summed E-state index contributed by atoms with van der Waals surface area (Å²) in [6.07, 6.45) is 4.48. The molecule has 0 radical (unpaired) electrons. The van der Waals surface area contributed by atoms with Gasteiger partial charge < -0.3 is 15.4 Å². The lowest BCUT2D eigenvalue weighted by atomic mass is 9.75. The Labute approximate surface area is 116 Å².